The molecular formula is C11H13Cl2NO3. The molecule has 1 aromatic carbocycles. The quantitative estimate of drug-likeness (QED) is 0.697. The van der Waals surface area contributed by atoms with Gasteiger partial charge in [-0.25, -0.2) is 0 Å². The summed E-state index contributed by atoms with van der Waals surface area (Å²) < 4.78 is 0. The number of rotatable bonds is 6. The smallest absolute Gasteiger partial charge is 0.325 e. The molecule has 3 N–H and O–H groups in total. The summed E-state index contributed by atoms with van der Waals surface area (Å²) in [6.45, 7) is 0.403. The summed E-state index contributed by atoms with van der Waals surface area (Å²) in [4.78, 5) is 11.1. The summed E-state index contributed by atoms with van der Waals surface area (Å²) in [6.07, 6.45) is 0.481. The third-order valence-electron chi connectivity index (χ3n) is 2.20. The molecule has 1 atom stereocenters. The van der Waals surface area contributed by atoms with Crippen LogP contribution < -0.4 is 5.32 Å². The Bertz CT molecular complexity index is 398. The standard InChI is InChI=1S/C11H13Cl2NO3/c12-7-2-3-8(9(13)6-7)10(11(16)17)14-4-1-5-15/h2-3,6,10,14-15H,1,4-5H2,(H,16,17). The first-order chi connectivity index (χ1) is 8.06. The van der Waals surface area contributed by atoms with Crippen LogP contribution in [0.15, 0.2) is 18.2 Å². The van der Waals surface area contributed by atoms with Gasteiger partial charge in [0.15, 0.2) is 0 Å². The number of aliphatic hydroxyl groups excluding tert-OH is 1. The zero-order valence-electron chi connectivity index (χ0n) is 8.99. The number of carboxylic acid groups (broad SMARTS) is 1. The molecule has 94 valence electrons. The van der Waals surface area contributed by atoms with Crippen LogP contribution in [0.1, 0.15) is 18.0 Å². The lowest BCUT2D eigenvalue weighted by Gasteiger charge is -2.16. The maximum Gasteiger partial charge on any atom is 0.325 e. The van der Waals surface area contributed by atoms with Gasteiger partial charge in [0, 0.05) is 16.7 Å². The van der Waals surface area contributed by atoms with Gasteiger partial charge in [-0.05, 0) is 30.7 Å². The molecule has 0 spiro atoms. The number of benzene rings is 1. The second-order valence-electron chi connectivity index (χ2n) is 3.47. The van der Waals surface area contributed by atoms with E-state index < -0.39 is 12.0 Å². The maximum absolute atomic E-state index is 11.1. The van der Waals surface area contributed by atoms with E-state index in [0.29, 0.717) is 28.6 Å². The molecule has 4 nitrogen and oxygen atoms in total. The van der Waals surface area contributed by atoms with Crippen molar-refractivity contribution in [1.29, 1.82) is 0 Å². The zero-order valence-corrected chi connectivity index (χ0v) is 10.5. The van der Waals surface area contributed by atoms with Crippen molar-refractivity contribution in [2.75, 3.05) is 13.2 Å². The molecular weight excluding hydrogens is 265 g/mol. The summed E-state index contributed by atoms with van der Waals surface area (Å²) in [7, 11) is 0. The minimum Gasteiger partial charge on any atom is -0.480 e. The van der Waals surface area contributed by atoms with E-state index in [2.05, 4.69) is 5.32 Å². The monoisotopic (exact) mass is 277 g/mol. The van der Waals surface area contributed by atoms with Gasteiger partial charge in [-0.1, -0.05) is 29.3 Å². The van der Waals surface area contributed by atoms with E-state index in [9.17, 15) is 4.79 Å². The minimum atomic E-state index is -1.02. The zero-order chi connectivity index (χ0) is 12.8. The fraction of sp³-hybridized carbons (Fsp3) is 0.364. The number of halogens is 2. The Hall–Kier alpha value is -0.810. The number of nitrogens with one attached hydrogen (secondary N) is 1. The summed E-state index contributed by atoms with van der Waals surface area (Å²) in [5.41, 5.74) is 0.460. The van der Waals surface area contributed by atoms with Crippen LogP contribution in [0.4, 0.5) is 0 Å². The van der Waals surface area contributed by atoms with Crippen LogP contribution in [-0.4, -0.2) is 29.3 Å². The highest BCUT2D eigenvalue weighted by atomic mass is 35.5. The molecule has 0 fully saturated rings. The predicted octanol–water partition coefficient (Wildman–Crippen LogP) is 2.09. The second-order valence-corrected chi connectivity index (χ2v) is 4.31. The van der Waals surface area contributed by atoms with Gasteiger partial charge in [-0.15, -0.1) is 0 Å². The second kappa shape index (κ2) is 6.81. The highest BCUT2D eigenvalue weighted by Gasteiger charge is 2.21. The molecule has 0 aromatic heterocycles. The first-order valence-corrected chi connectivity index (χ1v) is 5.84. The van der Waals surface area contributed by atoms with Crippen molar-refractivity contribution in [3.63, 3.8) is 0 Å². The summed E-state index contributed by atoms with van der Waals surface area (Å²) >= 11 is 11.7. The normalized spacial score (nSPS) is 12.4. The number of carbonyl (C=O) groups is 1. The van der Waals surface area contributed by atoms with Crippen molar-refractivity contribution < 1.29 is 15.0 Å². The lowest BCUT2D eigenvalue weighted by Crippen LogP contribution is -2.29. The van der Waals surface area contributed by atoms with E-state index >= 15 is 0 Å². The Morgan fingerprint density at radius 3 is 2.65 bits per heavy atom. The van der Waals surface area contributed by atoms with Crippen molar-refractivity contribution in [2.45, 2.75) is 12.5 Å². The molecule has 0 saturated carbocycles. The van der Waals surface area contributed by atoms with Crippen molar-refractivity contribution in [1.82, 2.24) is 5.32 Å². The van der Waals surface area contributed by atoms with Crippen molar-refractivity contribution in [3.05, 3.63) is 33.8 Å². The Morgan fingerprint density at radius 1 is 1.41 bits per heavy atom. The molecule has 0 radical (unpaired) electrons. The van der Waals surface area contributed by atoms with Gasteiger partial charge in [0.05, 0.1) is 0 Å². The number of hydrogen-bond acceptors (Lipinski definition) is 3. The Balaban J connectivity index is 2.86. The molecule has 1 rings (SSSR count). The van der Waals surface area contributed by atoms with Gasteiger partial charge < -0.3 is 15.5 Å². The lowest BCUT2D eigenvalue weighted by molar-refractivity contribution is -0.139. The number of aliphatic carboxylic acids is 1. The topological polar surface area (TPSA) is 69.6 Å². The number of carboxylic acids is 1. The fourth-order valence-electron chi connectivity index (χ4n) is 1.39. The molecule has 0 bridgehead atoms. The Labute approximate surface area is 109 Å². The van der Waals surface area contributed by atoms with Crippen LogP contribution in [0.2, 0.25) is 10.0 Å². The molecule has 6 heteroatoms. The van der Waals surface area contributed by atoms with Crippen molar-refractivity contribution in [2.24, 2.45) is 0 Å². The summed E-state index contributed by atoms with van der Waals surface area (Å²) in [6, 6.07) is 3.77. The van der Waals surface area contributed by atoms with E-state index in [1.54, 1.807) is 12.1 Å². The first-order valence-electron chi connectivity index (χ1n) is 5.08. The highest BCUT2D eigenvalue weighted by molar-refractivity contribution is 6.35. The number of aliphatic hydroxyl groups is 1. The molecule has 17 heavy (non-hydrogen) atoms. The van der Waals surface area contributed by atoms with Gasteiger partial charge in [0.25, 0.3) is 0 Å². The number of hydrogen-bond donors (Lipinski definition) is 3. The lowest BCUT2D eigenvalue weighted by atomic mass is 10.1. The van der Waals surface area contributed by atoms with Crippen LogP contribution in [0.5, 0.6) is 0 Å². The molecule has 0 amide bonds. The predicted molar refractivity (Wildman–Crippen MR) is 66.5 cm³/mol. The van der Waals surface area contributed by atoms with Crippen LogP contribution in [0.25, 0.3) is 0 Å². The average molecular weight is 278 g/mol. The third-order valence-corrected chi connectivity index (χ3v) is 2.77. The Kier molecular flexibility index (Phi) is 5.71. The average Bonchev–Trinajstić information content (AvgIpc) is 2.25. The fourth-order valence-corrected chi connectivity index (χ4v) is 1.91. The van der Waals surface area contributed by atoms with Gasteiger partial charge in [-0.3, -0.25) is 4.79 Å². The largest absolute Gasteiger partial charge is 0.480 e. The highest BCUT2D eigenvalue weighted by Crippen LogP contribution is 2.26. The molecule has 0 aliphatic rings. The SMILES string of the molecule is O=C(O)C(NCCCO)c1ccc(Cl)cc1Cl. The van der Waals surface area contributed by atoms with E-state index in [1.807, 2.05) is 0 Å². The van der Waals surface area contributed by atoms with E-state index in [4.69, 9.17) is 33.4 Å². The van der Waals surface area contributed by atoms with E-state index in [-0.39, 0.29) is 6.61 Å². The van der Waals surface area contributed by atoms with Crippen LogP contribution in [0, 0.1) is 0 Å². The molecule has 0 aliphatic carbocycles. The Morgan fingerprint density at radius 2 is 2.12 bits per heavy atom. The summed E-state index contributed by atoms with van der Waals surface area (Å²) in [5, 5.41) is 21.3. The van der Waals surface area contributed by atoms with Crippen molar-refractivity contribution in [3.8, 4) is 0 Å². The first kappa shape index (κ1) is 14.3. The summed E-state index contributed by atoms with van der Waals surface area (Å²) in [5.74, 6) is -1.02. The molecule has 0 heterocycles. The van der Waals surface area contributed by atoms with E-state index in [1.165, 1.54) is 6.07 Å². The van der Waals surface area contributed by atoms with Crippen LogP contribution in [0.3, 0.4) is 0 Å². The molecule has 0 saturated heterocycles. The van der Waals surface area contributed by atoms with Crippen LogP contribution >= 0.6 is 23.2 Å². The van der Waals surface area contributed by atoms with Gasteiger partial charge in [0.1, 0.15) is 6.04 Å². The molecule has 1 aromatic rings. The van der Waals surface area contributed by atoms with Gasteiger partial charge in [0.2, 0.25) is 0 Å². The van der Waals surface area contributed by atoms with Crippen molar-refractivity contribution >= 4 is 29.2 Å². The minimum absolute atomic E-state index is 0.00763. The molecule has 1 unspecified atom stereocenters. The van der Waals surface area contributed by atoms with Crippen LogP contribution in [-0.2, 0) is 4.79 Å². The third kappa shape index (κ3) is 4.16. The van der Waals surface area contributed by atoms with Gasteiger partial charge in [-0.2, -0.15) is 0 Å². The van der Waals surface area contributed by atoms with E-state index in [0.717, 1.165) is 0 Å². The molecule has 0 aliphatic heterocycles. The van der Waals surface area contributed by atoms with Gasteiger partial charge >= 0.3 is 5.97 Å². The maximum atomic E-state index is 11.1.